The molecule has 0 aliphatic rings. The van der Waals surface area contributed by atoms with Crippen molar-refractivity contribution in [3.8, 4) is 0 Å². The molecule has 0 aromatic heterocycles. The van der Waals surface area contributed by atoms with Crippen molar-refractivity contribution in [1.82, 2.24) is 0 Å². The zero-order chi connectivity index (χ0) is 20.8. The number of hydrogen-bond donors (Lipinski definition) is 3. The number of quaternary nitrogens is 1. The van der Waals surface area contributed by atoms with Crippen molar-refractivity contribution in [1.29, 1.82) is 0 Å². The second-order valence-electron chi connectivity index (χ2n) is 7.01. The van der Waals surface area contributed by atoms with Gasteiger partial charge in [-0.2, -0.15) is 0 Å². The van der Waals surface area contributed by atoms with E-state index in [0.717, 1.165) is 31.9 Å². The molecule has 0 spiro atoms. The first kappa shape index (κ1) is 20.9. The van der Waals surface area contributed by atoms with Crippen molar-refractivity contribution >= 4 is 45.7 Å². The third-order valence-electron chi connectivity index (χ3n) is 5.00. The minimum absolute atomic E-state index is 0.109. The first-order valence-electron chi connectivity index (χ1n) is 9.53. The Morgan fingerprint density at radius 1 is 0.931 bits per heavy atom. The van der Waals surface area contributed by atoms with Crippen LogP contribution in [0.4, 0.5) is 11.4 Å². The summed E-state index contributed by atoms with van der Waals surface area (Å²) in [7, 11) is 1.85. The van der Waals surface area contributed by atoms with Crippen LogP contribution < -0.4 is 15.5 Å². The molecule has 0 heterocycles. The van der Waals surface area contributed by atoms with E-state index in [1.165, 1.54) is 0 Å². The van der Waals surface area contributed by atoms with E-state index in [-0.39, 0.29) is 24.4 Å². The zero-order valence-electron chi connectivity index (χ0n) is 16.9. The van der Waals surface area contributed by atoms with E-state index in [1.807, 2.05) is 87.0 Å². The maximum absolute atomic E-state index is 12.7. The Kier molecular flexibility index (Phi) is 6.90. The predicted octanol–water partition coefficient (Wildman–Crippen LogP) is 3.04. The quantitative estimate of drug-likeness (QED) is 0.527. The maximum atomic E-state index is 12.7. The van der Waals surface area contributed by atoms with E-state index in [9.17, 15) is 9.59 Å². The lowest BCUT2D eigenvalue weighted by Crippen LogP contribution is -3.14. The van der Waals surface area contributed by atoms with Crippen LogP contribution in [-0.2, 0) is 9.59 Å². The van der Waals surface area contributed by atoms with Crippen LogP contribution in [0.3, 0.4) is 0 Å². The number of benzene rings is 3. The van der Waals surface area contributed by atoms with E-state index in [1.54, 1.807) is 11.8 Å². The van der Waals surface area contributed by atoms with Gasteiger partial charge in [0, 0.05) is 16.0 Å². The molecule has 0 saturated carbocycles. The van der Waals surface area contributed by atoms with Crippen molar-refractivity contribution in [2.24, 2.45) is 0 Å². The molecule has 3 aromatic rings. The second kappa shape index (κ2) is 9.58. The smallest absolute Gasteiger partial charge is 0.282 e. The number of carbonyl (C=O) groups excluding carboxylic acids is 2. The van der Waals surface area contributed by atoms with Gasteiger partial charge < -0.3 is 15.5 Å². The normalized spacial score (nSPS) is 12.9. The fourth-order valence-corrected chi connectivity index (χ4v) is 3.70. The standard InChI is InChI=1S/C23H25N3O2S/c1-16(23(28)25-20-12-6-7-14-21(20)29-3)26(2)15-22(27)24-19-13-8-10-17-9-4-5-11-18(17)19/h4-14,16H,15H2,1-3H3,(H,24,27)(H,25,28)/p+1/t16-/m1/s1. The van der Waals surface area contributed by atoms with Gasteiger partial charge in [-0.15, -0.1) is 11.8 Å². The van der Waals surface area contributed by atoms with Crippen LogP contribution in [0.25, 0.3) is 10.8 Å². The monoisotopic (exact) mass is 408 g/mol. The summed E-state index contributed by atoms with van der Waals surface area (Å²) < 4.78 is 0. The van der Waals surface area contributed by atoms with Gasteiger partial charge in [-0.05, 0) is 36.8 Å². The molecule has 0 saturated heterocycles. The van der Waals surface area contributed by atoms with Gasteiger partial charge >= 0.3 is 0 Å². The van der Waals surface area contributed by atoms with E-state index in [4.69, 9.17) is 0 Å². The predicted molar refractivity (Wildman–Crippen MR) is 121 cm³/mol. The molecule has 0 radical (unpaired) electrons. The number of amides is 2. The number of para-hydroxylation sites is 1. The largest absolute Gasteiger partial charge is 0.321 e. The molecule has 0 fully saturated rings. The first-order chi connectivity index (χ1) is 14.0. The maximum Gasteiger partial charge on any atom is 0.282 e. The van der Waals surface area contributed by atoms with Gasteiger partial charge in [0.1, 0.15) is 0 Å². The fraction of sp³-hybridized carbons (Fsp3) is 0.217. The van der Waals surface area contributed by atoms with Crippen molar-refractivity contribution in [3.05, 3.63) is 66.7 Å². The average molecular weight is 409 g/mol. The molecule has 6 heteroatoms. The number of nitrogens with one attached hydrogen (secondary N) is 3. The number of likely N-dealkylation sites (N-methyl/N-ethyl adjacent to an activating group) is 1. The third-order valence-corrected chi connectivity index (χ3v) is 5.80. The molecule has 2 amide bonds. The van der Waals surface area contributed by atoms with Gasteiger partial charge in [-0.1, -0.05) is 48.5 Å². The van der Waals surface area contributed by atoms with Crippen molar-refractivity contribution in [2.75, 3.05) is 30.5 Å². The Morgan fingerprint density at radius 2 is 1.59 bits per heavy atom. The van der Waals surface area contributed by atoms with Crippen molar-refractivity contribution in [2.45, 2.75) is 17.9 Å². The number of hydrogen-bond acceptors (Lipinski definition) is 3. The minimum Gasteiger partial charge on any atom is -0.321 e. The summed E-state index contributed by atoms with van der Waals surface area (Å²) in [6.07, 6.45) is 1.98. The summed E-state index contributed by atoms with van der Waals surface area (Å²) in [6, 6.07) is 21.1. The molecule has 3 rings (SSSR count). The third kappa shape index (κ3) is 5.16. The molecule has 29 heavy (non-hydrogen) atoms. The number of rotatable bonds is 7. The highest BCUT2D eigenvalue weighted by molar-refractivity contribution is 7.98. The number of thioether (sulfide) groups is 1. The molecule has 5 nitrogen and oxygen atoms in total. The van der Waals surface area contributed by atoms with Crippen LogP contribution in [0.1, 0.15) is 6.92 Å². The van der Waals surface area contributed by atoms with Crippen LogP contribution in [-0.4, -0.2) is 37.7 Å². The van der Waals surface area contributed by atoms with Gasteiger partial charge in [0.05, 0.1) is 12.7 Å². The molecular formula is C23H26N3O2S+. The van der Waals surface area contributed by atoms with E-state index in [2.05, 4.69) is 10.6 Å². The molecule has 150 valence electrons. The summed E-state index contributed by atoms with van der Waals surface area (Å²) in [5, 5.41) is 8.04. The lowest BCUT2D eigenvalue weighted by molar-refractivity contribution is -0.885. The van der Waals surface area contributed by atoms with Crippen LogP contribution in [0.2, 0.25) is 0 Å². The topological polar surface area (TPSA) is 62.6 Å². The molecule has 1 unspecified atom stereocenters. The highest BCUT2D eigenvalue weighted by Gasteiger charge is 2.24. The minimum atomic E-state index is -0.372. The lowest BCUT2D eigenvalue weighted by Gasteiger charge is -2.21. The summed E-state index contributed by atoms with van der Waals surface area (Å²) in [5.74, 6) is -0.232. The Morgan fingerprint density at radius 3 is 2.38 bits per heavy atom. The van der Waals surface area contributed by atoms with Crippen LogP contribution in [0.5, 0.6) is 0 Å². The molecule has 3 aromatic carbocycles. The Labute approximate surface area is 175 Å². The molecule has 0 aliphatic heterocycles. The number of fused-ring (bicyclic) bond motifs is 1. The highest BCUT2D eigenvalue weighted by atomic mass is 32.2. The average Bonchev–Trinajstić information content (AvgIpc) is 2.73. The van der Waals surface area contributed by atoms with E-state index < -0.39 is 0 Å². The molecule has 0 aliphatic carbocycles. The molecule has 2 atom stereocenters. The van der Waals surface area contributed by atoms with Crippen LogP contribution >= 0.6 is 11.8 Å². The highest BCUT2D eigenvalue weighted by Crippen LogP contribution is 2.24. The molecular weight excluding hydrogens is 382 g/mol. The number of anilines is 2. The molecule has 3 N–H and O–H groups in total. The first-order valence-corrected chi connectivity index (χ1v) is 10.8. The Bertz CT molecular complexity index is 1020. The van der Waals surface area contributed by atoms with E-state index in [0.29, 0.717) is 0 Å². The SMILES string of the molecule is CSc1ccccc1NC(=O)[C@@H](C)[NH+](C)CC(=O)Nc1cccc2ccccc12. The fourth-order valence-electron chi connectivity index (χ4n) is 3.15. The van der Waals surface area contributed by atoms with Gasteiger partial charge in [-0.25, -0.2) is 0 Å². The Balaban J connectivity index is 1.62. The van der Waals surface area contributed by atoms with Gasteiger partial charge in [0.15, 0.2) is 12.6 Å². The van der Waals surface area contributed by atoms with Crippen molar-refractivity contribution < 1.29 is 14.5 Å². The second-order valence-corrected chi connectivity index (χ2v) is 7.86. The summed E-state index contributed by atoms with van der Waals surface area (Å²) >= 11 is 1.58. The van der Waals surface area contributed by atoms with Crippen molar-refractivity contribution in [3.63, 3.8) is 0 Å². The Hall–Kier alpha value is -2.83. The summed E-state index contributed by atoms with van der Waals surface area (Å²) in [4.78, 5) is 27.1. The van der Waals surface area contributed by atoms with Gasteiger partial charge in [0.2, 0.25) is 0 Å². The summed E-state index contributed by atoms with van der Waals surface area (Å²) in [5.41, 5.74) is 1.58. The van der Waals surface area contributed by atoms with Crippen LogP contribution in [0, 0.1) is 0 Å². The summed E-state index contributed by atoms with van der Waals surface area (Å²) in [6.45, 7) is 2.03. The molecule has 0 bridgehead atoms. The number of carbonyl (C=O) groups is 2. The van der Waals surface area contributed by atoms with Gasteiger partial charge in [-0.3, -0.25) is 9.59 Å². The van der Waals surface area contributed by atoms with Gasteiger partial charge in [0.25, 0.3) is 11.8 Å². The lowest BCUT2D eigenvalue weighted by atomic mass is 10.1. The van der Waals surface area contributed by atoms with Crippen LogP contribution in [0.15, 0.2) is 71.6 Å². The zero-order valence-corrected chi connectivity index (χ0v) is 17.7. The van der Waals surface area contributed by atoms with E-state index >= 15 is 0 Å².